The number of nitrogens with two attached hydrogens (primary N) is 1. The zero-order chi connectivity index (χ0) is 12.2. The van der Waals surface area contributed by atoms with Gasteiger partial charge in [0.2, 0.25) is 0 Å². The molecule has 0 aliphatic carbocycles. The summed E-state index contributed by atoms with van der Waals surface area (Å²) in [6.07, 6.45) is 1.29. The van der Waals surface area contributed by atoms with Gasteiger partial charge in [-0.1, -0.05) is 19.9 Å². The SMILES string of the molecule is CCC(O)(CC)CNc1cccc(F)c1N. The number of halogens is 1. The predicted molar refractivity (Wildman–Crippen MR) is 64.8 cm³/mol. The van der Waals surface area contributed by atoms with Crippen LogP contribution in [0.2, 0.25) is 0 Å². The molecular formula is C12H19FN2O. The van der Waals surface area contributed by atoms with Crippen LogP contribution in [0, 0.1) is 5.82 Å². The highest BCUT2D eigenvalue weighted by molar-refractivity contribution is 5.66. The third-order valence-electron chi connectivity index (χ3n) is 2.98. The van der Waals surface area contributed by atoms with Crippen LogP contribution in [0.15, 0.2) is 18.2 Å². The summed E-state index contributed by atoms with van der Waals surface area (Å²) in [6.45, 7) is 4.20. The molecule has 0 spiro atoms. The maximum atomic E-state index is 13.1. The lowest BCUT2D eigenvalue weighted by Crippen LogP contribution is -2.35. The van der Waals surface area contributed by atoms with Gasteiger partial charge >= 0.3 is 0 Å². The second kappa shape index (κ2) is 5.16. The first-order valence-corrected chi connectivity index (χ1v) is 5.52. The number of anilines is 2. The van der Waals surface area contributed by atoms with Crippen molar-refractivity contribution in [3.05, 3.63) is 24.0 Å². The van der Waals surface area contributed by atoms with Gasteiger partial charge in [0.1, 0.15) is 5.82 Å². The third-order valence-corrected chi connectivity index (χ3v) is 2.98. The van der Waals surface area contributed by atoms with Crippen LogP contribution in [-0.4, -0.2) is 17.3 Å². The summed E-state index contributed by atoms with van der Waals surface area (Å²) in [6, 6.07) is 4.60. The van der Waals surface area contributed by atoms with Crippen molar-refractivity contribution in [1.29, 1.82) is 0 Å². The van der Waals surface area contributed by atoms with E-state index in [0.29, 0.717) is 25.1 Å². The van der Waals surface area contributed by atoms with E-state index in [0.717, 1.165) is 0 Å². The normalized spacial score (nSPS) is 11.5. The third kappa shape index (κ3) is 2.85. The summed E-state index contributed by atoms with van der Waals surface area (Å²) in [7, 11) is 0. The molecule has 0 fully saturated rings. The first-order chi connectivity index (χ1) is 7.52. The molecule has 1 aromatic rings. The van der Waals surface area contributed by atoms with Gasteiger partial charge in [0.05, 0.1) is 17.0 Å². The summed E-state index contributed by atoms with van der Waals surface area (Å²) < 4.78 is 13.1. The van der Waals surface area contributed by atoms with Gasteiger partial charge in [-0.05, 0) is 25.0 Å². The Hall–Kier alpha value is -1.29. The van der Waals surface area contributed by atoms with E-state index in [1.54, 1.807) is 12.1 Å². The monoisotopic (exact) mass is 226 g/mol. The Morgan fingerprint density at radius 2 is 2.00 bits per heavy atom. The number of hydrogen-bond donors (Lipinski definition) is 3. The minimum atomic E-state index is -0.765. The fourth-order valence-electron chi connectivity index (χ4n) is 1.45. The number of para-hydroxylation sites is 1. The Labute approximate surface area is 95.5 Å². The standard InChI is InChI=1S/C12H19FN2O/c1-3-12(16,4-2)8-15-10-7-5-6-9(13)11(10)14/h5-7,15-16H,3-4,8,14H2,1-2H3. The second-order valence-electron chi connectivity index (χ2n) is 3.99. The fourth-order valence-corrected chi connectivity index (χ4v) is 1.45. The Balaban J connectivity index is 2.71. The van der Waals surface area contributed by atoms with Crippen LogP contribution in [-0.2, 0) is 0 Å². The molecule has 0 saturated carbocycles. The molecule has 90 valence electrons. The van der Waals surface area contributed by atoms with E-state index in [2.05, 4.69) is 5.32 Å². The average Bonchev–Trinajstić information content (AvgIpc) is 2.31. The number of nitrogens with one attached hydrogen (secondary N) is 1. The van der Waals surface area contributed by atoms with Crippen LogP contribution >= 0.6 is 0 Å². The van der Waals surface area contributed by atoms with Gasteiger partial charge in [-0.25, -0.2) is 4.39 Å². The summed E-state index contributed by atoms with van der Waals surface area (Å²) in [5.74, 6) is -0.443. The van der Waals surface area contributed by atoms with Crippen LogP contribution < -0.4 is 11.1 Å². The van der Waals surface area contributed by atoms with Gasteiger partial charge in [-0.15, -0.1) is 0 Å². The van der Waals surface area contributed by atoms with Crippen LogP contribution in [0.25, 0.3) is 0 Å². The summed E-state index contributed by atoms with van der Waals surface area (Å²) in [5.41, 5.74) is 5.43. The van der Waals surface area contributed by atoms with E-state index < -0.39 is 11.4 Å². The number of aliphatic hydroxyl groups is 1. The van der Waals surface area contributed by atoms with Gasteiger partial charge in [0, 0.05) is 6.54 Å². The van der Waals surface area contributed by atoms with Crippen LogP contribution in [0.4, 0.5) is 15.8 Å². The van der Waals surface area contributed by atoms with Gasteiger partial charge in [-0.2, -0.15) is 0 Å². The summed E-state index contributed by atoms with van der Waals surface area (Å²) in [4.78, 5) is 0. The topological polar surface area (TPSA) is 58.3 Å². The van der Waals surface area contributed by atoms with Crippen LogP contribution in [0.1, 0.15) is 26.7 Å². The van der Waals surface area contributed by atoms with Crippen molar-refractivity contribution in [3.8, 4) is 0 Å². The highest BCUT2D eigenvalue weighted by Gasteiger charge is 2.22. The average molecular weight is 226 g/mol. The lowest BCUT2D eigenvalue weighted by Gasteiger charge is -2.26. The maximum Gasteiger partial charge on any atom is 0.148 e. The molecule has 0 heterocycles. The number of hydrogen-bond acceptors (Lipinski definition) is 3. The molecule has 0 bridgehead atoms. The molecule has 0 aliphatic rings. The predicted octanol–water partition coefficient (Wildman–Crippen LogP) is 2.37. The molecule has 0 amide bonds. The van der Waals surface area contributed by atoms with Crippen molar-refractivity contribution in [2.75, 3.05) is 17.6 Å². The van der Waals surface area contributed by atoms with Gasteiger partial charge < -0.3 is 16.2 Å². The molecule has 0 saturated heterocycles. The number of nitrogen functional groups attached to an aromatic ring is 1. The molecule has 1 rings (SSSR count). The largest absolute Gasteiger partial charge is 0.395 e. The van der Waals surface area contributed by atoms with Crippen molar-refractivity contribution in [2.24, 2.45) is 0 Å². The van der Waals surface area contributed by atoms with Crippen LogP contribution in [0.5, 0.6) is 0 Å². The van der Waals surface area contributed by atoms with Crippen molar-refractivity contribution in [3.63, 3.8) is 0 Å². The highest BCUT2D eigenvalue weighted by atomic mass is 19.1. The van der Waals surface area contributed by atoms with Gasteiger partial charge in [0.25, 0.3) is 0 Å². The zero-order valence-corrected chi connectivity index (χ0v) is 9.76. The van der Waals surface area contributed by atoms with E-state index in [1.807, 2.05) is 13.8 Å². The minimum absolute atomic E-state index is 0.0945. The van der Waals surface area contributed by atoms with E-state index in [-0.39, 0.29) is 5.69 Å². The summed E-state index contributed by atoms with van der Waals surface area (Å²) in [5, 5.41) is 13.0. The first-order valence-electron chi connectivity index (χ1n) is 5.52. The molecule has 0 atom stereocenters. The Morgan fingerprint density at radius 1 is 1.38 bits per heavy atom. The number of rotatable bonds is 5. The van der Waals surface area contributed by atoms with E-state index in [9.17, 15) is 9.50 Å². The molecule has 0 unspecified atom stereocenters. The molecule has 1 aromatic carbocycles. The zero-order valence-electron chi connectivity index (χ0n) is 9.76. The Bertz CT molecular complexity index is 351. The Morgan fingerprint density at radius 3 is 2.56 bits per heavy atom. The van der Waals surface area contributed by atoms with Gasteiger partial charge in [0.15, 0.2) is 0 Å². The molecule has 0 radical (unpaired) electrons. The van der Waals surface area contributed by atoms with Crippen LogP contribution in [0.3, 0.4) is 0 Å². The highest BCUT2D eigenvalue weighted by Crippen LogP contribution is 2.23. The first kappa shape index (κ1) is 12.8. The fraction of sp³-hybridized carbons (Fsp3) is 0.500. The number of benzene rings is 1. The molecule has 16 heavy (non-hydrogen) atoms. The van der Waals surface area contributed by atoms with E-state index in [4.69, 9.17) is 5.73 Å². The van der Waals surface area contributed by atoms with Gasteiger partial charge in [-0.3, -0.25) is 0 Å². The molecule has 3 nitrogen and oxygen atoms in total. The van der Waals surface area contributed by atoms with Crippen molar-refractivity contribution >= 4 is 11.4 Å². The lowest BCUT2D eigenvalue weighted by molar-refractivity contribution is 0.0457. The van der Waals surface area contributed by atoms with E-state index in [1.165, 1.54) is 6.07 Å². The lowest BCUT2D eigenvalue weighted by atomic mass is 9.97. The smallest absolute Gasteiger partial charge is 0.148 e. The quantitative estimate of drug-likeness (QED) is 0.675. The van der Waals surface area contributed by atoms with Crippen molar-refractivity contribution < 1.29 is 9.50 Å². The second-order valence-corrected chi connectivity index (χ2v) is 3.99. The van der Waals surface area contributed by atoms with Crippen molar-refractivity contribution in [1.82, 2.24) is 0 Å². The molecule has 4 heteroatoms. The molecule has 0 aliphatic heterocycles. The molecule has 0 aromatic heterocycles. The van der Waals surface area contributed by atoms with E-state index >= 15 is 0 Å². The summed E-state index contributed by atoms with van der Waals surface area (Å²) >= 11 is 0. The Kier molecular flexibility index (Phi) is 4.12. The molecule has 4 N–H and O–H groups in total. The van der Waals surface area contributed by atoms with Crippen molar-refractivity contribution in [2.45, 2.75) is 32.3 Å². The minimum Gasteiger partial charge on any atom is -0.395 e. The maximum absolute atomic E-state index is 13.1. The molecular weight excluding hydrogens is 207 g/mol.